The minimum atomic E-state index is -1.45. The molecule has 0 aliphatic heterocycles. The molecule has 0 heterocycles. The van der Waals surface area contributed by atoms with Gasteiger partial charge in [-0.15, -0.1) is 0 Å². The predicted octanol–water partition coefficient (Wildman–Crippen LogP) is -2.50. The zero-order valence-electron chi connectivity index (χ0n) is 15.9. The lowest BCUT2D eigenvalue weighted by Crippen LogP contribution is -2.56. The normalized spacial score (nSPS) is 14.9. The molecule has 0 aromatic heterocycles. The maximum atomic E-state index is 12.3. The summed E-state index contributed by atoms with van der Waals surface area (Å²) in [4.78, 5) is 58.0. The first kappa shape index (κ1) is 25.3. The van der Waals surface area contributed by atoms with Crippen LogP contribution in [0.25, 0.3) is 0 Å². The van der Waals surface area contributed by atoms with E-state index in [1.54, 1.807) is 0 Å². The van der Waals surface area contributed by atoms with E-state index >= 15 is 0 Å². The summed E-state index contributed by atoms with van der Waals surface area (Å²) in [7, 11) is 0. The third-order valence-electron chi connectivity index (χ3n) is 3.80. The van der Waals surface area contributed by atoms with E-state index in [1.807, 2.05) is 0 Å². The molecule has 0 bridgehead atoms. The number of carboxylic acid groups (broad SMARTS) is 2. The lowest BCUT2D eigenvalue weighted by Gasteiger charge is -2.22. The SMILES string of the molecule is CC(NC(=O)C(C)NC(=O)C(CC(=O)O)NC(=O)C(N)CCCCN)C(=O)O. The molecule has 0 rings (SSSR count). The molecule has 0 radical (unpaired) electrons. The highest BCUT2D eigenvalue weighted by Crippen LogP contribution is 2.01. The van der Waals surface area contributed by atoms with Crippen molar-refractivity contribution in [3.63, 3.8) is 0 Å². The number of nitrogens with two attached hydrogens (primary N) is 2. The molecule has 3 amide bonds. The number of unbranched alkanes of at least 4 members (excludes halogenated alkanes) is 1. The molecule has 0 aliphatic carbocycles. The van der Waals surface area contributed by atoms with Crippen LogP contribution in [0.3, 0.4) is 0 Å². The van der Waals surface area contributed by atoms with Gasteiger partial charge in [-0.3, -0.25) is 24.0 Å². The first-order valence-electron chi connectivity index (χ1n) is 8.80. The van der Waals surface area contributed by atoms with Gasteiger partial charge in [0.15, 0.2) is 0 Å². The summed E-state index contributed by atoms with van der Waals surface area (Å²) in [5, 5.41) is 24.4. The molecule has 12 nitrogen and oxygen atoms in total. The maximum absolute atomic E-state index is 12.3. The van der Waals surface area contributed by atoms with Gasteiger partial charge in [-0.1, -0.05) is 6.42 Å². The number of hydrogen-bond donors (Lipinski definition) is 7. The highest BCUT2D eigenvalue weighted by Gasteiger charge is 2.28. The molecule has 0 aliphatic rings. The molecule has 0 saturated carbocycles. The second kappa shape index (κ2) is 12.6. The first-order valence-corrected chi connectivity index (χ1v) is 8.80. The highest BCUT2D eigenvalue weighted by atomic mass is 16.4. The van der Waals surface area contributed by atoms with Crippen molar-refractivity contribution in [2.45, 2.75) is 63.7 Å². The summed E-state index contributed by atoms with van der Waals surface area (Å²) in [5.41, 5.74) is 11.1. The lowest BCUT2D eigenvalue weighted by atomic mass is 10.1. The van der Waals surface area contributed by atoms with Crippen LogP contribution in [0.1, 0.15) is 39.5 Å². The summed E-state index contributed by atoms with van der Waals surface area (Å²) in [6.45, 7) is 2.98. The summed E-state index contributed by atoms with van der Waals surface area (Å²) in [6.07, 6.45) is 0.866. The van der Waals surface area contributed by atoms with Gasteiger partial charge in [-0.25, -0.2) is 0 Å². The minimum absolute atomic E-state index is 0.316. The van der Waals surface area contributed by atoms with E-state index in [4.69, 9.17) is 21.7 Å². The van der Waals surface area contributed by atoms with Crippen LogP contribution < -0.4 is 27.4 Å². The monoisotopic (exact) mass is 403 g/mol. The Bertz CT molecular complexity index is 584. The fourth-order valence-electron chi connectivity index (χ4n) is 2.08. The molecule has 12 heteroatoms. The van der Waals surface area contributed by atoms with E-state index < -0.39 is 60.2 Å². The van der Waals surface area contributed by atoms with Gasteiger partial charge in [0.05, 0.1) is 12.5 Å². The fraction of sp³-hybridized carbons (Fsp3) is 0.688. The van der Waals surface area contributed by atoms with Gasteiger partial charge >= 0.3 is 11.9 Å². The maximum Gasteiger partial charge on any atom is 0.325 e. The Kier molecular flexibility index (Phi) is 11.4. The predicted molar refractivity (Wildman–Crippen MR) is 97.9 cm³/mol. The van der Waals surface area contributed by atoms with E-state index in [-0.39, 0.29) is 0 Å². The van der Waals surface area contributed by atoms with Crippen molar-refractivity contribution >= 4 is 29.7 Å². The van der Waals surface area contributed by atoms with Crippen LogP contribution in [0, 0.1) is 0 Å². The van der Waals surface area contributed by atoms with E-state index in [2.05, 4.69) is 16.0 Å². The number of nitrogens with one attached hydrogen (secondary N) is 3. The Labute approximate surface area is 162 Å². The number of hydrogen-bond acceptors (Lipinski definition) is 7. The van der Waals surface area contributed by atoms with E-state index in [9.17, 15) is 24.0 Å². The number of amides is 3. The quantitative estimate of drug-likeness (QED) is 0.161. The van der Waals surface area contributed by atoms with Gasteiger partial charge in [0, 0.05) is 0 Å². The van der Waals surface area contributed by atoms with Crippen LogP contribution in [-0.4, -0.2) is 70.6 Å². The molecule has 4 unspecified atom stereocenters. The van der Waals surface area contributed by atoms with Crippen LogP contribution in [0.5, 0.6) is 0 Å². The molecule has 4 atom stereocenters. The zero-order valence-corrected chi connectivity index (χ0v) is 15.9. The van der Waals surface area contributed by atoms with Gasteiger partial charge in [0.25, 0.3) is 0 Å². The number of rotatable bonds is 13. The number of carbonyl (C=O) groups excluding carboxylic acids is 3. The molecule has 0 aromatic rings. The van der Waals surface area contributed by atoms with Crippen LogP contribution in [-0.2, 0) is 24.0 Å². The highest BCUT2D eigenvalue weighted by molar-refractivity contribution is 5.95. The summed E-state index contributed by atoms with van der Waals surface area (Å²) in [5.74, 6) is -4.98. The molecule has 28 heavy (non-hydrogen) atoms. The lowest BCUT2D eigenvalue weighted by molar-refractivity contribution is -0.142. The van der Waals surface area contributed by atoms with Gasteiger partial charge in [-0.2, -0.15) is 0 Å². The second-order valence-corrected chi connectivity index (χ2v) is 6.35. The molecule has 9 N–H and O–H groups in total. The summed E-state index contributed by atoms with van der Waals surface area (Å²) >= 11 is 0. The Morgan fingerprint density at radius 1 is 0.857 bits per heavy atom. The molecular formula is C16H29N5O7. The number of carbonyl (C=O) groups is 5. The van der Waals surface area contributed by atoms with Crippen molar-refractivity contribution in [1.82, 2.24) is 16.0 Å². The van der Waals surface area contributed by atoms with Gasteiger partial charge < -0.3 is 37.6 Å². The van der Waals surface area contributed by atoms with Gasteiger partial charge in [0.2, 0.25) is 17.7 Å². The zero-order chi connectivity index (χ0) is 21.9. The van der Waals surface area contributed by atoms with Crippen LogP contribution in [0.4, 0.5) is 0 Å². The topological polar surface area (TPSA) is 214 Å². The Morgan fingerprint density at radius 2 is 1.43 bits per heavy atom. The number of carboxylic acids is 2. The summed E-state index contributed by atoms with van der Waals surface area (Å²) < 4.78 is 0. The van der Waals surface area contributed by atoms with E-state index in [0.29, 0.717) is 25.8 Å². The third kappa shape index (κ3) is 9.83. The van der Waals surface area contributed by atoms with Gasteiger partial charge in [0.1, 0.15) is 18.1 Å². The first-order chi connectivity index (χ1) is 13.0. The molecule has 0 spiro atoms. The van der Waals surface area contributed by atoms with Crippen molar-refractivity contribution in [3.05, 3.63) is 0 Å². The Balaban J connectivity index is 4.88. The van der Waals surface area contributed by atoms with E-state index in [1.165, 1.54) is 13.8 Å². The molecular weight excluding hydrogens is 374 g/mol. The van der Waals surface area contributed by atoms with Crippen LogP contribution >= 0.6 is 0 Å². The minimum Gasteiger partial charge on any atom is -0.481 e. The van der Waals surface area contributed by atoms with Gasteiger partial charge in [-0.05, 0) is 33.2 Å². The van der Waals surface area contributed by atoms with Crippen molar-refractivity contribution in [3.8, 4) is 0 Å². The van der Waals surface area contributed by atoms with E-state index in [0.717, 1.165) is 0 Å². The number of aliphatic carboxylic acids is 2. The van der Waals surface area contributed by atoms with Crippen LogP contribution in [0.15, 0.2) is 0 Å². The van der Waals surface area contributed by atoms with Crippen molar-refractivity contribution < 1.29 is 34.2 Å². The standard InChI is InChI=1S/C16H29N5O7/c1-8(13(24)20-9(2)16(27)28)19-15(26)11(7-12(22)23)21-14(25)10(18)5-3-4-6-17/h8-11H,3-7,17-18H2,1-2H3,(H,19,26)(H,20,24)(H,21,25)(H,22,23)(H,27,28). The Morgan fingerprint density at radius 3 is 1.93 bits per heavy atom. The largest absolute Gasteiger partial charge is 0.481 e. The molecule has 0 aromatic carbocycles. The van der Waals surface area contributed by atoms with Crippen molar-refractivity contribution in [2.24, 2.45) is 11.5 Å². The van der Waals surface area contributed by atoms with Crippen LogP contribution in [0.2, 0.25) is 0 Å². The Hall–Kier alpha value is -2.73. The average Bonchev–Trinajstić information content (AvgIpc) is 2.60. The molecule has 0 saturated heterocycles. The summed E-state index contributed by atoms with van der Waals surface area (Å²) in [6, 6.07) is -4.71. The molecule has 160 valence electrons. The molecule has 0 fully saturated rings. The average molecular weight is 403 g/mol. The third-order valence-corrected chi connectivity index (χ3v) is 3.80. The second-order valence-electron chi connectivity index (χ2n) is 6.35. The van der Waals surface area contributed by atoms with Crippen molar-refractivity contribution in [2.75, 3.05) is 6.54 Å². The fourth-order valence-corrected chi connectivity index (χ4v) is 2.08. The van der Waals surface area contributed by atoms with Crippen molar-refractivity contribution in [1.29, 1.82) is 0 Å². The smallest absolute Gasteiger partial charge is 0.325 e.